The summed E-state index contributed by atoms with van der Waals surface area (Å²) in [5, 5.41) is 14.0. The van der Waals surface area contributed by atoms with Gasteiger partial charge in [0.2, 0.25) is 0 Å². The standard InChI is InChI=1S/C32H44N6O.C31H41N5O.C29H39N5O.C28H37N5O/c1-32(13-14-32)31-33-28-10-9-25(36(4)17-18-37-19-21-39-22-20-37)23-27(28)30(34-31)38-15-11-24(12-16-38)26-7-5-6-8-29(26)35(2)3;1-31(14-15-31)30-32-27-11-10-24(34(2)20-21-35-16-6-7-17-35)22-26(27)29(33-30)36-18-12-23(13-19-36)25-8-4-5-9-28(25)37-3;1-29(14-15-29)28-30-25-11-10-22(33(4)18-19-35-5)20-24(25)27(31-28)34-16-12-21(13-17-34)23-8-6-7-9-26(23)32(2)3;1-28(13-14-28)27-29-24-10-9-21(32(4)17-18-34)19-23(24)26(30-27)33-15-11-20(12-16-33)22-7-5-6-8-25(22)31(2)3/h5-10,23-24H,11-22H2,1-4H3;4-5,8-11,22-23H,6-7,12-21H2,1-3H3;6-11,20-21H,12-19H2,1-5H3;5-10,19-20,34H,11-18H2,1-4H3. The van der Waals surface area contributed by atoms with Crippen LogP contribution < -0.4 is 58.6 Å². The van der Waals surface area contributed by atoms with E-state index in [1.807, 2.05) is 7.05 Å². The predicted molar refractivity (Wildman–Crippen MR) is 602 cm³/mol. The van der Waals surface area contributed by atoms with Crippen molar-refractivity contribution in [1.82, 2.24) is 49.7 Å². The summed E-state index contributed by atoms with van der Waals surface area (Å²) >= 11 is 0. The molecule has 12 aromatic rings. The minimum Gasteiger partial charge on any atom is -0.496 e. The van der Waals surface area contributed by atoms with Crippen LogP contribution in [0.1, 0.15) is 212 Å². The van der Waals surface area contributed by atoms with E-state index in [1.165, 1.54) is 144 Å². The van der Waals surface area contributed by atoms with Crippen LogP contribution in [0, 0.1) is 0 Å². The van der Waals surface area contributed by atoms with Crippen molar-refractivity contribution in [2.75, 3.05) is 283 Å². The lowest BCUT2D eigenvalue weighted by Gasteiger charge is -2.35. The summed E-state index contributed by atoms with van der Waals surface area (Å²) in [6, 6.07) is 61.8. The van der Waals surface area contributed by atoms with Crippen LogP contribution >= 0.6 is 0 Å². The molecule has 10 fully saturated rings. The third-order valence-corrected chi connectivity index (χ3v) is 33.8. The summed E-state index contributed by atoms with van der Waals surface area (Å²) in [6.07, 6.45) is 21.1. The highest BCUT2D eigenvalue weighted by molar-refractivity contribution is 5.96. The zero-order chi connectivity index (χ0) is 101. The molecule has 0 radical (unpaired) electrons. The van der Waals surface area contributed by atoms with E-state index >= 15 is 0 Å². The number of fused-ring (bicyclic) bond motifs is 4. The Morgan fingerprint density at radius 3 is 0.890 bits per heavy atom. The fourth-order valence-electron chi connectivity index (χ4n) is 22.7. The molecule has 6 aliphatic heterocycles. The number of hydrogen-bond acceptors (Lipinski definition) is 25. The van der Waals surface area contributed by atoms with Crippen LogP contribution in [-0.2, 0) is 31.1 Å². The number of benzene rings is 8. The molecule has 4 aliphatic carbocycles. The number of hydrogen-bond donors (Lipinski definition) is 1. The average Bonchev–Trinajstić information content (AvgIpc) is 1.65. The van der Waals surface area contributed by atoms with Gasteiger partial charge in [-0.25, -0.2) is 39.9 Å². The first kappa shape index (κ1) is 102. The van der Waals surface area contributed by atoms with Gasteiger partial charge in [-0.1, -0.05) is 100 Å². The smallest absolute Gasteiger partial charge is 0.140 e. The maximum atomic E-state index is 9.40. The van der Waals surface area contributed by atoms with Crippen LogP contribution in [0.15, 0.2) is 170 Å². The maximum absolute atomic E-state index is 9.40. The van der Waals surface area contributed by atoms with Crippen molar-refractivity contribution in [2.45, 2.75) is 189 Å². The molecule has 0 amide bonds. The lowest BCUT2D eigenvalue weighted by molar-refractivity contribution is 0.0393. The normalized spacial score (nSPS) is 18.8. The number of methoxy groups -OCH3 is 2. The van der Waals surface area contributed by atoms with Crippen molar-refractivity contribution in [2.24, 2.45) is 0 Å². The molecular weight excluding hydrogens is 1800 g/mol. The van der Waals surface area contributed by atoms with Crippen LogP contribution in [0.2, 0.25) is 0 Å². The highest BCUT2D eigenvalue weighted by atomic mass is 16.5. The Morgan fingerprint density at radius 2 is 0.600 bits per heavy atom. The highest BCUT2D eigenvalue weighted by Gasteiger charge is 2.47. The molecule has 10 heterocycles. The number of ether oxygens (including phenoxy) is 3. The Bertz CT molecular complexity index is 6410. The van der Waals surface area contributed by atoms with Crippen molar-refractivity contribution in [1.29, 1.82) is 0 Å². The van der Waals surface area contributed by atoms with Gasteiger partial charge in [0.1, 0.15) is 52.3 Å². The first-order chi connectivity index (χ1) is 70.2. The first-order valence-corrected chi connectivity index (χ1v) is 54.4. The molecule has 0 bridgehead atoms. The van der Waals surface area contributed by atoms with E-state index in [9.17, 15) is 5.11 Å². The van der Waals surface area contributed by atoms with Gasteiger partial charge in [0.25, 0.3) is 0 Å². The van der Waals surface area contributed by atoms with Crippen LogP contribution in [0.25, 0.3) is 43.6 Å². The van der Waals surface area contributed by atoms with Gasteiger partial charge in [0, 0.05) is 265 Å². The molecule has 25 nitrogen and oxygen atoms in total. The quantitative estimate of drug-likeness (QED) is 0.0431. The minimum absolute atomic E-state index is 0.123. The SMILES string of the molecule is CN(C)c1ccccc1C1CCN(c2nc(C3(C)CC3)nc3ccc(N(C)CCN4CCOCC4)cc23)CC1.CN(C)c1ccccc1C1CCN(c2nc(C3(C)CC3)nc3ccc(N(C)CCO)cc23)CC1.COCCN(C)c1ccc2nc(C3(C)CC3)nc(N3CCC(c4ccccc4N(C)C)CC3)c2c1.COc1ccccc1C1CCN(c2nc(C3(C)CC3)nc3ccc(N(C)CCN4CCCC4)cc23)CC1. The number of likely N-dealkylation sites (N-methyl/N-ethyl adjacent to an activating group) is 4. The first-order valence-electron chi connectivity index (χ1n) is 54.4. The van der Waals surface area contributed by atoms with E-state index in [0.29, 0.717) is 36.8 Å². The molecular formula is C120H161N21O4. The number of aliphatic hydroxyl groups is 1. The number of aromatic nitrogens is 8. The molecule has 4 saturated carbocycles. The molecule has 770 valence electrons. The molecule has 0 atom stereocenters. The second-order valence-corrected chi connectivity index (χ2v) is 45.1. The lowest BCUT2D eigenvalue weighted by atomic mass is 9.88. The molecule has 1 N–H and O–H groups in total. The Hall–Kier alpha value is -11.5. The summed E-state index contributed by atoms with van der Waals surface area (Å²) in [7, 11) is 24.9. The number of piperidine rings is 4. The molecule has 8 aromatic carbocycles. The Balaban J connectivity index is 0.000000122. The molecule has 22 rings (SSSR count). The lowest BCUT2D eigenvalue weighted by Crippen LogP contribution is -2.40. The topological polar surface area (TPSA) is 193 Å². The monoisotopic (exact) mass is 1960 g/mol. The fourth-order valence-corrected chi connectivity index (χ4v) is 22.7. The number of aliphatic hydroxyl groups excluding tert-OH is 1. The van der Waals surface area contributed by atoms with Crippen molar-refractivity contribution >= 4 is 107 Å². The van der Waals surface area contributed by atoms with E-state index in [1.54, 1.807) is 14.2 Å². The second kappa shape index (κ2) is 44.7. The second-order valence-electron chi connectivity index (χ2n) is 45.1. The number of nitrogens with zero attached hydrogens (tertiary/aromatic N) is 21. The van der Waals surface area contributed by atoms with Crippen LogP contribution in [-0.4, -0.2) is 284 Å². The van der Waals surface area contributed by atoms with Crippen LogP contribution in [0.4, 0.5) is 63.1 Å². The van der Waals surface area contributed by atoms with Gasteiger partial charge in [0.05, 0.1) is 55.6 Å². The molecule has 6 saturated heterocycles. The third kappa shape index (κ3) is 23.4. The summed E-state index contributed by atoms with van der Waals surface area (Å²) in [6.45, 7) is 30.0. The van der Waals surface area contributed by atoms with Crippen LogP contribution in [0.5, 0.6) is 5.75 Å². The predicted octanol–water partition coefficient (Wildman–Crippen LogP) is 20.3. The van der Waals surface area contributed by atoms with E-state index in [-0.39, 0.29) is 28.3 Å². The average molecular weight is 1960 g/mol. The number of rotatable bonds is 31. The third-order valence-electron chi connectivity index (χ3n) is 33.8. The summed E-state index contributed by atoms with van der Waals surface area (Å²) in [5.41, 5.74) is 19.3. The van der Waals surface area contributed by atoms with Gasteiger partial charge in [-0.15, -0.1) is 0 Å². The van der Waals surface area contributed by atoms with Gasteiger partial charge in [-0.05, 0) is 272 Å². The Morgan fingerprint density at radius 1 is 0.324 bits per heavy atom. The Kier molecular flexibility index (Phi) is 31.5. The largest absolute Gasteiger partial charge is 0.496 e. The number of morpholine rings is 1. The molecule has 10 aliphatic rings. The van der Waals surface area contributed by atoms with Gasteiger partial charge >= 0.3 is 0 Å². The van der Waals surface area contributed by atoms with Gasteiger partial charge in [-0.2, -0.15) is 0 Å². The van der Waals surface area contributed by atoms with Crippen LogP contribution in [0.3, 0.4) is 0 Å². The molecule has 0 spiro atoms. The number of para-hydroxylation sites is 4. The maximum Gasteiger partial charge on any atom is 0.140 e. The molecule has 0 unspecified atom stereocenters. The van der Waals surface area contributed by atoms with E-state index in [0.717, 1.165) is 254 Å². The molecule has 25 heteroatoms. The highest BCUT2D eigenvalue weighted by Crippen LogP contribution is 2.53. The fraction of sp³-hybridized carbons (Fsp3) is 0.533. The Labute approximate surface area is 863 Å². The van der Waals surface area contributed by atoms with Gasteiger partial charge in [-0.3, -0.25) is 4.90 Å². The molecule has 4 aromatic heterocycles. The van der Waals surface area contributed by atoms with Gasteiger partial charge in [0.15, 0.2) is 0 Å². The minimum atomic E-state index is 0.123. The zero-order valence-corrected chi connectivity index (χ0v) is 89.8. The number of anilines is 11. The van der Waals surface area contributed by atoms with Gasteiger partial charge < -0.3 is 78.1 Å². The summed E-state index contributed by atoms with van der Waals surface area (Å²) in [5.74, 6) is 11.8. The van der Waals surface area contributed by atoms with Crippen molar-refractivity contribution in [3.05, 3.63) is 215 Å². The molecule has 145 heavy (non-hydrogen) atoms. The van der Waals surface area contributed by atoms with Crippen molar-refractivity contribution in [3.8, 4) is 5.75 Å². The van der Waals surface area contributed by atoms with Crippen molar-refractivity contribution in [3.63, 3.8) is 0 Å². The zero-order valence-electron chi connectivity index (χ0n) is 89.8. The van der Waals surface area contributed by atoms with Crippen molar-refractivity contribution < 1.29 is 19.3 Å². The van der Waals surface area contributed by atoms with E-state index in [2.05, 4.69) is 325 Å². The number of likely N-dealkylation sites (tertiary alicyclic amines) is 1. The summed E-state index contributed by atoms with van der Waals surface area (Å²) < 4.78 is 16.5. The summed E-state index contributed by atoms with van der Waals surface area (Å²) in [4.78, 5) is 72.1. The van der Waals surface area contributed by atoms with E-state index in [4.69, 9.17) is 54.1 Å². The van der Waals surface area contributed by atoms with E-state index < -0.39 is 0 Å².